The van der Waals surface area contributed by atoms with Crippen molar-refractivity contribution in [2.75, 3.05) is 0 Å². The minimum absolute atomic E-state index is 0.0751. The maximum absolute atomic E-state index is 11.8. The number of carbonyl (C=O) groups excluding carboxylic acids is 1. The lowest BCUT2D eigenvalue weighted by molar-refractivity contribution is -0.128. The van der Waals surface area contributed by atoms with Crippen molar-refractivity contribution in [3.63, 3.8) is 0 Å². The third-order valence-electron chi connectivity index (χ3n) is 3.14. The molecule has 1 aromatic rings. The maximum atomic E-state index is 11.8. The Morgan fingerprint density at radius 2 is 2.44 bits per heavy atom. The lowest BCUT2D eigenvalue weighted by Gasteiger charge is -2.17. The van der Waals surface area contributed by atoms with Crippen molar-refractivity contribution in [2.45, 2.75) is 38.3 Å². The molecule has 3 unspecified atom stereocenters. The normalized spacial score (nSPS) is 26.6. The summed E-state index contributed by atoms with van der Waals surface area (Å²) < 4.78 is 5.21. The third kappa shape index (κ3) is 2.27. The summed E-state index contributed by atoms with van der Waals surface area (Å²) in [4.78, 5) is 11.8. The fraction of sp³-hybridized carbons (Fsp3) is 0.583. The number of aliphatic hydroxyl groups excluding tert-OH is 1. The molecule has 1 saturated carbocycles. The molecule has 1 aromatic heterocycles. The molecule has 4 nitrogen and oxygen atoms in total. The van der Waals surface area contributed by atoms with Crippen molar-refractivity contribution in [1.29, 1.82) is 0 Å². The average molecular weight is 223 g/mol. The number of furan rings is 1. The summed E-state index contributed by atoms with van der Waals surface area (Å²) in [7, 11) is 0. The van der Waals surface area contributed by atoms with Crippen LogP contribution in [0.5, 0.6) is 0 Å². The minimum Gasteiger partial charge on any atom is -0.467 e. The van der Waals surface area contributed by atoms with E-state index in [1.165, 1.54) is 0 Å². The van der Waals surface area contributed by atoms with Crippen LogP contribution in [0.3, 0.4) is 0 Å². The Kier molecular flexibility index (Phi) is 3.29. The second-order valence-corrected chi connectivity index (χ2v) is 4.35. The number of aliphatic hydroxyl groups is 1. The van der Waals surface area contributed by atoms with E-state index in [0.717, 1.165) is 25.0 Å². The zero-order chi connectivity index (χ0) is 11.5. The van der Waals surface area contributed by atoms with Gasteiger partial charge in [-0.1, -0.05) is 0 Å². The van der Waals surface area contributed by atoms with E-state index in [4.69, 9.17) is 4.42 Å². The first-order valence-corrected chi connectivity index (χ1v) is 5.70. The summed E-state index contributed by atoms with van der Waals surface area (Å²) in [5.41, 5.74) is 0. The van der Waals surface area contributed by atoms with Gasteiger partial charge in [-0.3, -0.25) is 4.79 Å². The van der Waals surface area contributed by atoms with Gasteiger partial charge in [0.15, 0.2) is 0 Å². The average Bonchev–Trinajstić information content (AvgIpc) is 2.86. The first-order valence-electron chi connectivity index (χ1n) is 5.70. The molecule has 88 valence electrons. The molecule has 0 aliphatic heterocycles. The highest BCUT2D eigenvalue weighted by molar-refractivity contribution is 5.79. The Morgan fingerprint density at radius 1 is 1.62 bits per heavy atom. The molecule has 2 rings (SSSR count). The summed E-state index contributed by atoms with van der Waals surface area (Å²) in [6, 6.07) is 3.48. The molecule has 1 fully saturated rings. The van der Waals surface area contributed by atoms with Crippen molar-refractivity contribution >= 4 is 5.91 Å². The number of rotatable bonds is 3. The smallest absolute Gasteiger partial charge is 0.226 e. The van der Waals surface area contributed by atoms with Crippen LogP contribution in [-0.2, 0) is 4.79 Å². The number of carbonyl (C=O) groups is 1. The standard InChI is InChI=1S/C12H17NO3/c1-8(11-6-3-7-16-11)13-12(15)9-4-2-5-10(9)14/h3,6-10,14H,2,4-5H2,1H3,(H,13,15). The van der Waals surface area contributed by atoms with Crippen LogP contribution in [0.25, 0.3) is 0 Å². The van der Waals surface area contributed by atoms with Gasteiger partial charge in [-0.25, -0.2) is 0 Å². The molecule has 0 bridgehead atoms. The molecular formula is C12H17NO3. The third-order valence-corrected chi connectivity index (χ3v) is 3.14. The number of hydrogen-bond donors (Lipinski definition) is 2. The van der Waals surface area contributed by atoms with E-state index in [2.05, 4.69) is 5.32 Å². The summed E-state index contributed by atoms with van der Waals surface area (Å²) >= 11 is 0. The quantitative estimate of drug-likeness (QED) is 0.818. The summed E-state index contributed by atoms with van der Waals surface area (Å²) in [5.74, 6) is 0.409. The topological polar surface area (TPSA) is 62.5 Å². The van der Waals surface area contributed by atoms with Gasteiger partial charge in [0.25, 0.3) is 0 Å². The SMILES string of the molecule is CC(NC(=O)C1CCCC1O)c1ccco1. The highest BCUT2D eigenvalue weighted by atomic mass is 16.3. The van der Waals surface area contributed by atoms with Gasteiger partial charge in [-0.15, -0.1) is 0 Å². The van der Waals surface area contributed by atoms with Crippen molar-refractivity contribution in [3.8, 4) is 0 Å². The van der Waals surface area contributed by atoms with Crippen LogP contribution in [0.2, 0.25) is 0 Å². The van der Waals surface area contributed by atoms with Gasteiger partial charge in [0.2, 0.25) is 5.91 Å². The minimum atomic E-state index is -0.483. The summed E-state index contributed by atoms with van der Waals surface area (Å²) in [6.45, 7) is 1.87. The molecule has 1 aliphatic carbocycles. The fourth-order valence-corrected chi connectivity index (χ4v) is 2.18. The highest BCUT2D eigenvalue weighted by Crippen LogP contribution is 2.26. The molecule has 2 N–H and O–H groups in total. The second-order valence-electron chi connectivity index (χ2n) is 4.35. The van der Waals surface area contributed by atoms with Gasteiger partial charge in [-0.2, -0.15) is 0 Å². The first-order chi connectivity index (χ1) is 7.68. The van der Waals surface area contributed by atoms with Crippen LogP contribution in [0.4, 0.5) is 0 Å². The van der Waals surface area contributed by atoms with Gasteiger partial charge in [-0.05, 0) is 38.3 Å². The van der Waals surface area contributed by atoms with E-state index >= 15 is 0 Å². The summed E-state index contributed by atoms with van der Waals surface area (Å²) in [6.07, 6.45) is 3.53. The molecule has 1 heterocycles. The Balaban J connectivity index is 1.92. The van der Waals surface area contributed by atoms with Crippen LogP contribution in [0, 0.1) is 5.92 Å². The van der Waals surface area contributed by atoms with Crippen molar-refractivity contribution in [2.24, 2.45) is 5.92 Å². The molecule has 4 heteroatoms. The fourth-order valence-electron chi connectivity index (χ4n) is 2.18. The molecule has 0 radical (unpaired) electrons. The van der Waals surface area contributed by atoms with Crippen molar-refractivity contribution in [3.05, 3.63) is 24.2 Å². The highest BCUT2D eigenvalue weighted by Gasteiger charge is 2.32. The van der Waals surface area contributed by atoms with Gasteiger partial charge in [0.05, 0.1) is 24.3 Å². The van der Waals surface area contributed by atoms with E-state index in [9.17, 15) is 9.90 Å². The Hall–Kier alpha value is -1.29. The van der Waals surface area contributed by atoms with Crippen LogP contribution in [-0.4, -0.2) is 17.1 Å². The van der Waals surface area contributed by atoms with E-state index in [1.807, 2.05) is 13.0 Å². The number of nitrogens with one attached hydrogen (secondary N) is 1. The summed E-state index contributed by atoms with van der Waals surface area (Å²) in [5, 5.41) is 12.5. The van der Waals surface area contributed by atoms with E-state index in [-0.39, 0.29) is 17.9 Å². The molecule has 0 saturated heterocycles. The van der Waals surface area contributed by atoms with Crippen molar-refractivity contribution in [1.82, 2.24) is 5.32 Å². The van der Waals surface area contributed by atoms with E-state index in [0.29, 0.717) is 0 Å². The predicted molar refractivity (Wildman–Crippen MR) is 58.6 cm³/mol. The van der Waals surface area contributed by atoms with Gasteiger partial charge < -0.3 is 14.8 Å². The Bertz CT molecular complexity index is 347. The Morgan fingerprint density at radius 3 is 3.00 bits per heavy atom. The molecule has 0 aromatic carbocycles. The van der Waals surface area contributed by atoms with Crippen LogP contribution in [0.15, 0.2) is 22.8 Å². The molecule has 1 aliphatic rings. The molecule has 1 amide bonds. The van der Waals surface area contributed by atoms with Crippen molar-refractivity contribution < 1.29 is 14.3 Å². The van der Waals surface area contributed by atoms with Crippen LogP contribution in [0.1, 0.15) is 38.0 Å². The lowest BCUT2D eigenvalue weighted by atomic mass is 10.0. The first kappa shape index (κ1) is 11.2. The number of amides is 1. The number of hydrogen-bond acceptors (Lipinski definition) is 3. The maximum Gasteiger partial charge on any atom is 0.226 e. The zero-order valence-corrected chi connectivity index (χ0v) is 9.35. The predicted octanol–water partition coefficient (Wildman–Crippen LogP) is 1.62. The van der Waals surface area contributed by atoms with E-state index in [1.54, 1.807) is 12.3 Å². The zero-order valence-electron chi connectivity index (χ0n) is 9.35. The molecule has 0 spiro atoms. The Labute approximate surface area is 94.6 Å². The second kappa shape index (κ2) is 4.70. The van der Waals surface area contributed by atoms with Crippen LogP contribution < -0.4 is 5.32 Å². The van der Waals surface area contributed by atoms with Crippen LogP contribution >= 0.6 is 0 Å². The molecule has 3 atom stereocenters. The largest absolute Gasteiger partial charge is 0.467 e. The van der Waals surface area contributed by atoms with Gasteiger partial charge >= 0.3 is 0 Å². The van der Waals surface area contributed by atoms with Gasteiger partial charge in [0, 0.05) is 0 Å². The lowest BCUT2D eigenvalue weighted by Crippen LogP contribution is -2.36. The monoisotopic (exact) mass is 223 g/mol. The molecular weight excluding hydrogens is 206 g/mol. The van der Waals surface area contributed by atoms with E-state index < -0.39 is 6.10 Å². The molecule has 16 heavy (non-hydrogen) atoms. The van der Waals surface area contributed by atoms with Gasteiger partial charge in [0.1, 0.15) is 5.76 Å².